The topological polar surface area (TPSA) is 50.2 Å². The van der Waals surface area contributed by atoms with Crippen LogP contribution in [0, 0.1) is 0 Å². The van der Waals surface area contributed by atoms with Crippen molar-refractivity contribution in [1.29, 1.82) is 0 Å². The van der Waals surface area contributed by atoms with Crippen LogP contribution in [0.15, 0.2) is 23.6 Å². The van der Waals surface area contributed by atoms with Crippen LogP contribution in [-0.2, 0) is 6.18 Å². The van der Waals surface area contributed by atoms with Crippen LogP contribution in [0.3, 0.4) is 0 Å². The lowest BCUT2D eigenvalue weighted by atomic mass is 10.1. The first-order valence-corrected chi connectivity index (χ1v) is 6.11. The van der Waals surface area contributed by atoms with Gasteiger partial charge in [0.15, 0.2) is 5.69 Å². The molecule has 0 aliphatic heterocycles. The number of aromatic carboxylic acids is 1. The molecule has 1 heterocycles. The van der Waals surface area contributed by atoms with E-state index in [9.17, 15) is 18.0 Å². The molecule has 0 radical (unpaired) electrons. The van der Waals surface area contributed by atoms with Gasteiger partial charge in [0.1, 0.15) is 5.01 Å². The molecular formula is C11H5ClF3NO2S. The van der Waals surface area contributed by atoms with Gasteiger partial charge in [-0.3, -0.25) is 0 Å². The van der Waals surface area contributed by atoms with Crippen LogP contribution in [0.25, 0.3) is 10.6 Å². The summed E-state index contributed by atoms with van der Waals surface area (Å²) in [5.41, 5.74) is -0.764. The van der Waals surface area contributed by atoms with Gasteiger partial charge in [-0.25, -0.2) is 9.78 Å². The Hall–Kier alpha value is -1.60. The zero-order valence-electron chi connectivity index (χ0n) is 9.03. The van der Waals surface area contributed by atoms with Crippen LogP contribution in [0.5, 0.6) is 0 Å². The first-order valence-electron chi connectivity index (χ1n) is 4.85. The predicted molar refractivity (Wildman–Crippen MR) is 64.5 cm³/mol. The Bertz CT molecular complexity index is 639. The van der Waals surface area contributed by atoms with Crippen LogP contribution < -0.4 is 0 Å². The number of aromatic nitrogens is 1. The van der Waals surface area contributed by atoms with E-state index in [4.69, 9.17) is 16.7 Å². The normalized spacial score (nSPS) is 11.6. The highest BCUT2D eigenvalue weighted by Crippen LogP contribution is 2.36. The molecule has 0 fully saturated rings. The van der Waals surface area contributed by atoms with E-state index >= 15 is 0 Å². The zero-order chi connectivity index (χ0) is 14.2. The van der Waals surface area contributed by atoms with E-state index in [0.717, 1.165) is 23.5 Å². The van der Waals surface area contributed by atoms with Gasteiger partial charge >= 0.3 is 12.1 Å². The summed E-state index contributed by atoms with van der Waals surface area (Å²) < 4.78 is 37.4. The summed E-state index contributed by atoms with van der Waals surface area (Å²) in [6.07, 6.45) is -4.47. The summed E-state index contributed by atoms with van der Waals surface area (Å²) >= 11 is 6.78. The van der Waals surface area contributed by atoms with Crippen molar-refractivity contribution in [1.82, 2.24) is 4.98 Å². The predicted octanol–water partition coefficient (Wildman–Crippen LogP) is 4.18. The van der Waals surface area contributed by atoms with E-state index in [1.807, 2.05) is 0 Å². The van der Waals surface area contributed by atoms with E-state index in [1.165, 1.54) is 11.4 Å². The molecule has 100 valence electrons. The minimum Gasteiger partial charge on any atom is -0.476 e. The minimum absolute atomic E-state index is 0.124. The Morgan fingerprint density at radius 2 is 2.05 bits per heavy atom. The maximum Gasteiger partial charge on any atom is 0.416 e. The van der Waals surface area contributed by atoms with Crippen LogP contribution in [0.1, 0.15) is 16.1 Å². The molecule has 1 aromatic heterocycles. The molecule has 2 rings (SSSR count). The summed E-state index contributed by atoms with van der Waals surface area (Å²) in [7, 11) is 0. The number of carboxylic acid groups (broad SMARTS) is 1. The van der Waals surface area contributed by atoms with Crippen molar-refractivity contribution in [2.75, 3.05) is 0 Å². The standard InChI is InChI=1S/C11H5ClF3NO2S/c12-7-3-5(11(13,14)15)1-2-6(7)9-16-8(4-19-9)10(17)18/h1-4H,(H,17,18). The number of carboxylic acids is 1. The third-order valence-corrected chi connectivity index (χ3v) is 3.44. The third kappa shape index (κ3) is 2.87. The van der Waals surface area contributed by atoms with E-state index in [0.29, 0.717) is 0 Å². The van der Waals surface area contributed by atoms with Crippen molar-refractivity contribution in [3.63, 3.8) is 0 Å². The van der Waals surface area contributed by atoms with E-state index in [-0.39, 0.29) is 21.3 Å². The smallest absolute Gasteiger partial charge is 0.416 e. The first-order chi connectivity index (χ1) is 8.79. The van der Waals surface area contributed by atoms with Crippen molar-refractivity contribution in [3.05, 3.63) is 39.9 Å². The summed E-state index contributed by atoms with van der Waals surface area (Å²) in [6.45, 7) is 0. The van der Waals surface area contributed by atoms with E-state index in [1.54, 1.807) is 0 Å². The third-order valence-electron chi connectivity index (χ3n) is 2.25. The largest absolute Gasteiger partial charge is 0.476 e. The Balaban J connectivity index is 2.43. The molecular weight excluding hydrogens is 303 g/mol. The lowest BCUT2D eigenvalue weighted by molar-refractivity contribution is -0.137. The molecule has 0 saturated carbocycles. The van der Waals surface area contributed by atoms with E-state index in [2.05, 4.69) is 4.98 Å². The highest BCUT2D eigenvalue weighted by molar-refractivity contribution is 7.13. The maximum absolute atomic E-state index is 12.5. The number of hydrogen-bond acceptors (Lipinski definition) is 3. The van der Waals surface area contributed by atoms with Gasteiger partial charge in [-0.2, -0.15) is 13.2 Å². The molecule has 0 aliphatic carbocycles. The van der Waals surface area contributed by atoms with Gasteiger partial charge in [-0.05, 0) is 18.2 Å². The molecule has 1 aromatic carbocycles. The van der Waals surface area contributed by atoms with Gasteiger partial charge < -0.3 is 5.11 Å². The number of halogens is 4. The summed E-state index contributed by atoms with van der Waals surface area (Å²) in [5.74, 6) is -1.20. The highest BCUT2D eigenvalue weighted by Gasteiger charge is 2.31. The molecule has 0 bridgehead atoms. The molecule has 0 saturated heterocycles. The van der Waals surface area contributed by atoms with Gasteiger partial charge in [0.25, 0.3) is 0 Å². The first kappa shape index (κ1) is 13.8. The van der Waals surface area contributed by atoms with Gasteiger partial charge in [0, 0.05) is 10.9 Å². The molecule has 2 aromatic rings. The molecule has 8 heteroatoms. The molecule has 0 aliphatic rings. The van der Waals surface area contributed by atoms with Crippen molar-refractivity contribution in [3.8, 4) is 10.6 Å². The van der Waals surface area contributed by atoms with Gasteiger partial charge in [0.2, 0.25) is 0 Å². The SMILES string of the molecule is O=C(O)c1csc(-c2ccc(C(F)(F)F)cc2Cl)n1. The van der Waals surface area contributed by atoms with Gasteiger partial charge in [-0.15, -0.1) is 11.3 Å². The summed E-state index contributed by atoms with van der Waals surface area (Å²) in [5, 5.41) is 10.2. The monoisotopic (exact) mass is 307 g/mol. The highest BCUT2D eigenvalue weighted by atomic mass is 35.5. The average Bonchev–Trinajstić information content (AvgIpc) is 2.76. The zero-order valence-corrected chi connectivity index (χ0v) is 10.6. The number of carbonyl (C=O) groups is 1. The Labute approximate surface area is 114 Å². The number of hydrogen-bond donors (Lipinski definition) is 1. The molecule has 1 N–H and O–H groups in total. The van der Waals surface area contributed by atoms with Crippen LogP contribution >= 0.6 is 22.9 Å². The fourth-order valence-corrected chi connectivity index (χ4v) is 2.52. The Morgan fingerprint density at radius 1 is 1.37 bits per heavy atom. The van der Waals surface area contributed by atoms with E-state index < -0.39 is 17.7 Å². The molecule has 3 nitrogen and oxygen atoms in total. The maximum atomic E-state index is 12.5. The molecule has 0 spiro atoms. The quantitative estimate of drug-likeness (QED) is 0.905. The average molecular weight is 308 g/mol. The second-order valence-corrected chi connectivity index (χ2v) is 4.80. The second-order valence-electron chi connectivity index (χ2n) is 3.54. The van der Waals surface area contributed by atoms with Crippen molar-refractivity contribution in [2.24, 2.45) is 0 Å². The second kappa shape index (κ2) is 4.82. The number of benzene rings is 1. The van der Waals surface area contributed by atoms with Gasteiger partial charge in [-0.1, -0.05) is 11.6 Å². The lowest BCUT2D eigenvalue weighted by Crippen LogP contribution is -2.04. The van der Waals surface area contributed by atoms with Crippen LogP contribution in [0.2, 0.25) is 5.02 Å². The molecule has 0 amide bonds. The minimum atomic E-state index is -4.47. The van der Waals surface area contributed by atoms with Gasteiger partial charge in [0.05, 0.1) is 10.6 Å². The number of rotatable bonds is 2. The molecule has 19 heavy (non-hydrogen) atoms. The van der Waals surface area contributed by atoms with Crippen molar-refractivity contribution in [2.45, 2.75) is 6.18 Å². The Kier molecular flexibility index (Phi) is 3.51. The van der Waals surface area contributed by atoms with Crippen LogP contribution in [-0.4, -0.2) is 16.1 Å². The lowest BCUT2D eigenvalue weighted by Gasteiger charge is -2.08. The number of nitrogens with zero attached hydrogens (tertiary/aromatic N) is 1. The Morgan fingerprint density at radius 3 is 2.53 bits per heavy atom. The summed E-state index contributed by atoms with van der Waals surface area (Å²) in [4.78, 5) is 14.5. The number of thiazole rings is 1. The molecule has 0 unspecified atom stereocenters. The number of alkyl halides is 3. The van der Waals surface area contributed by atoms with Crippen molar-refractivity contribution >= 4 is 28.9 Å². The fraction of sp³-hybridized carbons (Fsp3) is 0.0909. The van der Waals surface area contributed by atoms with Crippen molar-refractivity contribution < 1.29 is 23.1 Å². The summed E-state index contributed by atoms with van der Waals surface area (Å²) in [6, 6.07) is 2.84. The van der Waals surface area contributed by atoms with Crippen LogP contribution in [0.4, 0.5) is 13.2 Å². The molecule has 0 atom stereocenters. The fourth-order valence-electron chi connectivity index (χ4n) is 1.36.